The first-order valence-electron chi connectivity index (χ1n) is 6.25. The van der Waals surface area contributed by atoms with Crippen molar-refractivity contribution in [3.63, 3.8) is 0 Å². The molecule has 2 bridgehead atoms. The zero-order valence-corrected chi connectivity index (χ0v) is 9.41. The minimum atomic E-state index is 0.106. The van der Waals surface area contributed by atoms with Crippen LogP contribution in [0.3, 0.4) is 0 Å². The Morgan fingerprint density at radius 3 is 2.62 bits per heavy atom. The van der Waals surface area contributed by atoms with Gasteiger partial charge in [0.25, 0.3) is 0 Å². The lowest BCUT2D eigenvalue weighted by molar-refractivity contribution is -0.120. The van der Waals surface area contributed by atoms with Gasteiger partial charge in [-0.3, -0.25) is 10.1 Å². The molecule has 3 fully saturated rings. The molecule has 1 amide bonds. The number of carbonyl (C=O) groups excluding carboxylic acids is 1. The molecule has 3 rings (SSSR count). The molecule has 0 radical (unpaired) electrons. The Morgan fingerprint density at radius 2 is 2.00 bits per heavy atom. The maximum Gasteiger partial charge on any atom is 0.234 e. The van der Waals surface area contributed by atoms with Gasteiger partial charge in [-0.25, -0.2) is 0 Å². The Bertz CT molecular complexity index is 330. The molecule has 0 saturated heterocycles. The van der Waals surface area contributed by atoms with Crippen molar-refractivity contribution in [1.82, 2.24) is 10.6 Å². The van der Waals surface area contributed by atoms with Crippen molar-refractivity contribution in [1.29, 1.82) is 0 Å². The van der Waals surface area contributed by atoms with Crippen LogP contribution in [0.15, 0.2) is 0 Å². The molecule has 3 saturated carbocycles. The van der Waals surface area contributed by atoms with E-state index in [9.17, 15) is 4.79 Å². The van der Waals surface area contributed by atoms with E-state index in [4.69, 9.17) is 6.42 Å². The van der Waals surface area contributed by atoms with E-state index < -0.39 is 0 Å². The first-order chi connectivity index (χ1) is 7.81. The number of hydrogen-bond acceptors (Lipinski definition) is 2. The zero-order valence-electron chi connectivity index (χ0n) is 9.41. The fourth-order valence-corrected chi connectivity index (χ4v) is 4.00. The summed E-state index contributed by atoms with van der Waals surface area (Å²) in [4.78, 5) is 11.6. The molecule has 0 spiro atoms. The maximum atomic E-state index is 11.6. The molecule has 3 heteroatoms. The standard InChI is InChI=1S/C13H18N2O/c1-2-5-14-7-10(16)15-13-11-8-3-4-9(6-8)12(11)13/h1,8-9,11-14H,3-7H2,(H,15,16). The van der Waals surface area contributed by atoms with Crippen LogP contribution in [-0.2, 0) is 4.79 Å². The molecule has 0 aliphatic heterocycles. The van der Waals surface area contributed by atoms with Crippen LogP contribution >= 0.6 is 0 Å². The topological polar surface area (TPSA) is 41.1 Å². The van der Waals surface area contributed by atoms with Gasteiger partial charge in [0, 0.05) is 6.04 Å². The van der Waals surface area contributed by atoms with Crippen molar-refractivity contribution in [3.8, 4) is 12.3 Å². The molecule has 0 aromatic rings. The second kappa shape index (κ2) is 3.78. The minimum Gasteiger partial charge on any atom is -0.352 e. The lowest BCUT2D eigenvalue weighted by Crippen LogP contribution is -2.37. The summed E-state index contributed by atoms with van der Waals surface area (Å²) in [6.45, 7) is 0.825. The molecule has 3 aliphatic carbocycles. The summed E-state index contributed by atoms with van der Waals surface area (Å²) in [5, 5.41) is 6.07. The van der Waals surface area contributed by atoms with E-state index in [1.54, 1.807) is 0 Å². The Balaban J connectivity index is 1.45. The number of amides is 1. The first-order valence-corrected chi connectivity index (χ1v) is 6.25. The molecule has 4 atom stereocenters. The normalized spacial score (nSPS) is 42.6. The molecule has 16 heavy (non-hydrogen) atoms. The van der Waals surface area contributed by atoms with Gasteiger partial charge in [-0.1, -0.05) is 5.92 Å². The maximum absolute atomic E-state index is 11.6. The van der Waals surface area contributed by atoms with Gasteiger partial charge in [0.15, 0.2) is 0 Å². The van der Waals surface area contributed by atoms with E-state index in [1.807, 2.05) is 0 Å². The molecule has 0 heterocycles. The third-order valence-electron chi connectivity index (χ3n) is 4.58. The van der Waals surface area contributed by atoms with Crippen molar-refractivity contribution in [2.24, 2.45) is 23.7 Å². The average Bonchev–Trinajstić information content (AvgIpc) is 2.70. The fourth-order valence-electron chi connectivity index (χ4n) is 4.00. The van der Waals surface area contributed by atoms with Gasteiger partial charge in [-0.15, -0.1) is 6.42 Å². The van der Waals surface area contributed by atoms with Crippen LogP contribution < -0.4 is 10.6 Å². The Morgan fingerprint density at radius 1 is 1.31 bits per heavy atom. The van der Waals surface area contributed by atoms with E-state index in [0.29, 0.717) is 19.1 Å². The summed E-state index contributed by atoms with van der Waals surface area (Å²) >= 11 is 0. The third kappa shape index (κ3) is 1.53. The second-order valence-electron chi connectivity index (χ2n) is 5.39. The highest BCUT2D eigenvalue weighted by Crippen LogP contribution is 2.65. The van der Waals surface area contributed by atoms with Crippen molar-refractivity contribution in [2.75, 3.05) is 13.1 Å². The number of nitrogens with one attached hydrogen (secondary N) is 2. The van der Waals surface area contributed by atoms with Gasteiger partial charge in [0.2, 0.25) is 5.91 Å². The SMILES string of the molecule is C#CCNCC(=O)NC1C2C3CCC(C3)C12. The van der Waals surface area contributed by atoms with E-state index in [0.717, 1.165) is 23.7 Å². The molecule has 4 unspecified atom stereocenters. The Hall–Kier alpha value is -1.01. The Kier molecular flexibility index (Phi) is 2.40. The molecule has 86 valence electrons. The first kappa shape index (κ1) is 10.2. The number of rotatable bonds is 4. The van der Waals surface area contributed by atoms with Gasteiger partial charge >= 0.3 is 0 Å². The monoisotopic (exact) mass is 218 g/mol. The van der Waals surface area contributed by atoms with Gasteiger partial charge in [0.1, 0.15) is 0 Å². The molecular weight excluding hydrogens is 200 g/mol. The van der Waals surface area contributed by atoms with Crippen LogP contribution in [0.25, 0.3) is 0 Å². The van der Waals surface area contributed by atoms with Crippen LogP contribution in [0.5, 0.6) is 0 Å². The van der Waals surface area contributed by atoms with Crippen LogP contribution in [0, 0.1) is 36.0 Å². The number of carbonyl (C=O) groups is 1. The van der Waals surface area contributed by atoms with Gasteiger partial charge in [-0.2, -0.15) is 0 Å². The highest BCUT2D eigenvalue weighted by Gasteiger charge is 2.65. The summed E-state index contributed by atoms with van der Waals surface area (Å²) < 4.78 is 0. The van der Waals surface area contributed by atoms with Gasteiger partial charge < -0.3 is 5.32 Å². The zero-order chi connectivity index (χ0) is 11.1. The minimum absolute atomic E-state index is 0.106. The lowest BCUT2D eigenvalue weighted by atomic mass is 10.0. The summed E-state index contributed by atoms with van der Waals surface area (Å²) in [5.41, 5.74) is 0. The second-order valence-corrected chi connectivity index (χ2v) is 5.39. The number of hydrogen-bond donors (Lipinski definition) is 2. The molecule has 0 aromatic heterocycles. The largest absolute Gasteiger partial charge is 0.352 e. The third-order valence-corrected chi connectivity index (χ3v) is 4.58. The van der Waals surface area contributed by atoms with E-state index in [1.165, 1.54) is 19.3 Å². The smallest absolute Gasteiger partial charge is 0.234 e. The van der Waals surface area contributed by atoms with E-state index in [2.05, 4.69) is 16.6 Å². The van der Waals surface area contributed by atoms with Crippen molar-refractivity contribution in [3.05, 3.63) is 0 Å². The fraction of sp³-hybridized carbons (Fsp3) is 0.769. The average molecular weight is 218 g/mol. The molecule has 3 nitrogen and oxygen atoms in total. The highest BCUT2D eigenvalue weighted by atomic mass is 16.2. The van der Waals surface area contributed by atoms with Crippen molar-refractivity contribution in [2.45, 2.75) is 25.3 Å². The Labute approximate surface area is 96.4 Å². The number of terminal acetylenes is 1. The molecular formula is C13H18N2O. The highest BCUT2D eigenvalue weighted by molar-refractivity contribution is 5.79. The van der Waals surface area contributed by atoms with Gasteiger partial charge in [0.05, 0.1) is 13.1 Å². The quantitative estimate of drug-likeness (QED) is 0.529. The van der Waals surface area contributed by atoms with E-state index >= 15 is 0 Å². The summed E-state index contributed by atoms with van der Waals surface area (Å²) in [5.74, 6) is 6.03. The van der Waals surface area contributed by atoms with Crippen LogP contribution in [0.4, 0.5) is 0 Å². The van der Waals surface area contributed by atoms with Crippen LogP contribution in [0.1, 0.15) is 19.3 Å². The van der Waals surface area contributed by atoms with E-state index in [-0.39, 0.29) is 5.91 Å². The van der Waals surface area contributed by atoms with Crippen LogP contribution in [-0.4, -0.2) is 25.0 Å². The predicted molar refractivity (Wildman–Crippen MR) is 61.4 cm³/mol. The number of fused-ring (bicyclic) bond motifs is 5. The molecule has 2 N–H and O–H groups in total. The van der Waals surface area contributed by atoms with Gasteiger partial charge in [-0.05, 0) is 42.9 Å². The summed E-state index contributed by atoms with van der Waals surface area (Å²) in [6, 6.07) is 0.492. The molecule has 3 aliphatic rings. The summed E-state index contributed by atoms with van der Waals surface area (Å²) in [7, 11) is 0. The predicted octanol–water partition coefficient (Wildman–Crippen LogP) is 0.370. The van der Waals surface area contributed by atoms with Crippen molar-refractivity contribution >= 4 is 5.91 Å². The van der Waals surface area contributed by atoms with Crippen LogP contribution in [0.2, 0.25) is 0 Å². The van der Waals surface area contributed by atoms with Crippen molar-refractivity contribution < 1.29 is 4.79 Å². The lowest BCUT2D eigenvalue weighted by Gasteiger charge is -2.10. The molecule has 0 aromatic carbocycles. The summed E-state index contributed by atoms with van der Waals surface area (Å²) in [6.07, 6.45) is 9.32.